The molecule has 0 heterocycles. The first-order chi connectivity index (χ1) is 10.0. The number of anilines is 1. The second-order valence-electron chi connectivity index (χ2n) is 5.18. The lowest BCUT2D eigenvalue weighted by Gasteiger charge is -2.13. The van der Waals surface area contributed by atoms with Gasteiger partial charge in [0.25, 0.3) is 11.8 Å². The van der Waals surface area contributed by atoms with Crippen molar-refractivity contribution in [2.75, 3.05) is 19.0 Å². The Morgan fingerprint density at radius 2 is 2.14 bits per heavy atom. The van der Waals surface area contributed by atoms with Crippen molar-refractivity contribution in [1.29, 1.82) is 0 Å². The third kappa shape index (κ3) is 4.26. The zero-order chi connectivity index (χ0) is 15.4. The van der Waals surface area contributed by atoms with E-state index < -0.39 is 17.8 Å². The quantitative estimate of drug-likeness (QED) is 0.842. The molecule has 1 aromatic rings. The van der Waals surface area contributed by atoms with Crippen LogP contribution in [-0.4, -0.2) is 31.6 Å². The van der Waals surface area contributed by atoms with E-state index in [0.29, 0.717) is 18.2 Å². The van der Waals surface area contributed by atoms with Gasteiger partial charge in [-0.15, -0.1) is 0 Å². The van der Waals surface area contributed by atoms with Crippen molar-refractivity contribution in [3.63, 3.8) is 0 Å². The maximum Gasteiger partial charge on any atom is 0.254 e. The summed E-state index contributed by atoms with van der Waals surface area (Å²) in [6.07, 6.45) is 1.72. The molecule has 0 bridgehead atoms. The summed E-state index contributed by atoms with van der Waals surface area (Å²) in [6.45, 7) is 2.25. The van der Waals surface area contributed by atoms with Crippen molar-refractivity contribution >= 4 is 17.5 Å². The Balaban J connectivity index is 1.97. The molecule has 5 nitrogen and oxygen atoms in total. The predicted molar refractivity (Wildman–Crippen MR) is 76.6 cm³/mol. The number of hydrogen-bond donors (Lipinski definition) is 2. The van der Waals surface area contributed by atoms with Gasteiger partial charge in [-0.25, -0.2) is 4.39 Å². The smallest absolute Gasteiger partial charge is 0.254 e. The van der Waals surface area contributed by atoms with Gasteiger partial charge in [0.2, 0.25) is 0 Å². The first kappa shape index (κ1) is 15.4. The third-order valence-corrected chi connectivity index (χ3v) is 3.35. The minimum absolute atomic E-state index is 0.109. The lowest BCUT2D eigenvalue weighted by atomic mass is 10.1. The highest BCUT2D eigenvalue weighted by molar-refractivity contribution is 5.98. The van der Waals surface area contributed by atoms with Crippen LogP contribution in [0.25, 0.3) is 0 Å². The van der Waals surface area contributed by atoms with Gasteiger partial charge in [0.15, 0.2) is 0 Å². The van der Waals surface area contributed by atoms with E-state index in [2.05, 4.69) is 10.6 Å². The van der Waals surface area contributed by atoms with Gasteiger partial charge in [-0.1, -0.05) is 0 Å². The number of rotatable bonds is 6. The van der Waals surface area contributed by atoms with Gasteiger partial charge >= 0.3 is 0 Å². The zero-order valence-corrected chi connectivity index (χ0v) is 12.1. The molecular weight excluding hydrogens is 275 g/mol. The summed E-state index contributed by atoms with van der Waals surface area (Å²) in [7, 11) is 1.42. The van der Waals surface area contributed by atoms with Crippen LogP contribution in [0.3, 0.4) is 0 Å². The van der Waals surface area contributed by atoms with E-state index in [1.165, 1.54) is 19.2 Å². The lowest BCUT2D eigenvalue weighted by molar-refractivity contribution is -0.126. The minimum Gasteiger partial charge on any atom is -0.368 e. The Hall–Kier alpha value is -1.95. The lowest BCUT2D eigenvalue weighted by Crippen LogP contribution is -2.28. The summed E-state index contributed by atoms with van der Waals surface area (Å²) >= 11 is 0. The largest absolute Gasteiger partial charge is 0.368 e. The molecule has 0 aliphatic heterocycles. The second kappa shape index (κ2) is 6.67. The van der Waals surface area contributed by atoms with Crippen LogP contribution in [0.4, 0.5) is 10.1 Å². The summed E-state index contributed by atoms with van der Waals surface area (Å²) in [5.74, 6) is -0.914. The molecule has 1 saturated carbocycles. The SMILES string of the molecule is CNC(=O)c1cc(NC(=O)[C@@H](C)OCC2CC2)ccc1F. The first-order valence-corrected chi connectivity index (χ1v) is 6.95. The van der Waals surface area contributed by atoms with E-state index in [1.54, 1.807) is 6.92 Å². The number of amides is 2. The van der Waals surface area contributed by atoms with Crippen LogP contribution in [0.5, 0.6) is 0 Å². The molecule has 0 spiro atoms. The monoisotopic (exact) mass is 294 g/mol. The predicted octanol–water partition coefficient (Wildman–Crippen LogP) is 1.94. The Bertz CT molecular complexity index is 544. The van der Waals surface area contributed by atoms with Crippen molar-refractivity contribution in [3.05, 3.63) is 29.6 Å². The van der Waals surface area contributed by atoms with Crippen LogP contribution < -0.4 is 10.6 Å². The third-order valence-electron chi connectivity index (χ3n) is 3.35. The average Bonchev–Trinajstić information content (AvgIpc) is 3.30. The highest BCUT2D eigenvalue weighted by Crippen LogP contribution is 2.29. The maximum atomic E-state index is 13.5. The van der Waals surface area contributed by atoms with Gasteiger partial charge in [0, 0.05) is 12.7 Å². The molecule has 0 aromatic heterocycles. The number of carbonyl (C=O) groups is 2. The summed E-state index contributed by atoms with van der Waals surface area (Å²) in [5, 5.41) is 4.97. The molecule has 2 rings (SSSR count). The number of benzene rings is 1. The van der Waals surface area contributed by atoms with Gasteiger partial charge in [0.1, 0.15) is 11.9 Å². The highest BCUT2D eigenvalue weighted by Gasteiger charge is 2.24. The Labute approximate surface area is 122 Å². The molecule has 114 valence electrons. The molecular formula is C15H19FN2O3. The molecule has 2 N–H and O–H groups in total. The molecule has 2 amide bonds. The zero-order valence-electron chi connectivity index (χ0n) is 12.1. The van der Waals surface area contributed by atoms with Crippen molar-refractivity contribution < 1.29 is 18.7 Å². The van der Waals surface area contributed by atoms with Crippen LogP contribution in [0.1, 0.15) is 30.1 Å². The molecule has 21 heavy (non-hydrogen) atoms. The summed E-state index contributed by atoms with van der Waals surface area (Å²) in [6, 6.07) is 3.86. The van der Waals surface area contributed by atoms with Crippen molar-refractivity contribution in [1.82, 2.24) is 5.32 Å². The van der Waals surface area contributed by atoms with Crippen LogP contribution in [0, 0.1) is 11.7 Å². The van der Waals surface area contributed by atoms with E-state index in [9.17, 15) is 14.0 Å². The minimum atomic E-state index is -0.634. The van der Waals surface area contributed by atoms with E-state index in [1.807, 2.05) is 0 Å². The number of nitrogens with one attached hydrogen (secondary N) is 2. The Morgan fingerprint density at radius 3 is 2.76 bits per heavy atom. The Morgan fingerprint density at radius 1 is 1.43 bits per heavy atom. The topological polar surface area (TPSA) is 67.4 Å². The summed E-state index contributed by atoms with van der Waals surface area (Å²) in [4.78, 5) is 23.5. The van der Waals surface area contributed by atoms with Crippen LogP contribution in [0.2, 0.25) is 0 Å². The summed E-state index contributed by atoms with van der Waals surface area (Å²) in [5.41, 5.74) is 0.253. The number of carbonyl (C=O) groups excluding carboxylic acids is 2. The molecule has 0 radical (unpaired) electrons. The molecule has 1 aliphatic carbocycles. The standard InChI is InChI=1S/C15H19FN2O3/c1-9(21-8-10-3-4-10)14(19)18-11-5-6-13(16)12(7-11)15(20)17-2/h5-7,9-10H,3-4,8H2,1-2H3,(H,17,20)(H,18,19)/t9-/m1/s1. The molecule has 0 saturated heterocycles. The fourth-order valence-corrected chi connectivity index (χ4v) is 1.80. The first-order valence-electron chi connectivity index (χ1n) is 6.95. The normalized spacial score (nSPS) is 15.4. The maximum absolute atomic E-state index is 13.5. The molecule has 6 heteroatoms. The molecule has 1 atom stereocenters. The fourth-order valence-electron chi connectivity index (χ4n) is 1.80. The molecule has 0 unspecified atom stereocenters. The Kier molecular flexibility index (Phi) is 4.90. The fraction of sp³-hybridized carbons (Fsp3) is 0.467. The molecule has 1 aliphatic rings. The van der Waals surface area contributed by atoms with Crippen molar-refractivity contribution in [2.45, 2.75) is 25.9 Å². The van der Waals surface area contributed by atoms with Gasteiger partial charge in [-0.05, 0) is 43.9 Å². The summed E-state index contributed by atoms with van der Waals surface area (Å²) < 4.78 is 19.0. The number of ether oxygens (including phenoxy) is 1. The van der Waals surface area contributed by atoms with Crippen LogP contribution in [-0.2, 0) is 9.53 Å². The second-order valence-corrected chi connectivity index (χ2v) is 5.18. The van der Waals surface area contributed by atoms with Gasteiger partial charge in [-0.2, -0.15) is 0 Å². The van der Waals surface area contributed by atoms with Gasteiger partial charge in [-0.3, -0.25) is 9.59 Å². The van der Waals surface area contributed by atoms with Crippen molar-refractivity contribution in [2.24, 2.45) is 5.92 Å². The van der Waals surface area contributed by atoms with Crippen LogP contribution >= 0.6 is 0 Å². The van der Waals surface area contributed by atoms with E-state index >= 15 is 0 Å². The van der Waals surface area contributed by atoms with Crippen LogP contribution in [0.15, 0.2) is 18.2 Å². The highest BCUT2D eigenvalue weighted by atomic mass is 19.1. The van der Waals surface area contributed by atoms with E-state index in [4.69, 9.17) is 4.74 Å². The van der Waals surface area contributed by atoms with E-state index in [-0.39, 0.29) is 11.5 Å². The number of halogens is 1. The molecule has 1 fully saturated rings. The molecule has 1 aromatic carbocycles. The van der Waals surface area contributed by atoms with Gasteiger partial charge in [0.05, 0.1) is 12.2 Å². The average molecular weight is 294 g/mol. The van der Waals surface area contributed by atoms with Crippen molar-refractivity contribution in [3.8, 4) is 0 Å². The van der Waals surface area contributed by atoms with E-state index in [0.717, 1.165) is 18.9 Å². The van der Waals surface area contributed by atoms with Gasteiger partial charge < -0.3 is 15.4 Å². The number of hydrogen-bond acceptors (Lipinski definition) is 3.